The van der Waals surface area contributed by atoms with Gasteiger partial charge in [0.25, 0.3) is 0 Å². The lowest BCUT2D eigenvalue weighted by Gasteiger charge is -2.35. The Morgan fingerprint density at radius 3 is 2.83 bits per heavy atom. The summed E-state index contributed by atoms with van der Waals surface area (Å²) in [6.07, 6.45) is 5.99. The average molecular weight is 501 g/mol. The number of nitrogens with zero attached hydrogens (tertiary/aromatic N) is 1. The van der Waals surface area contributed by atoms with E-state index in [0.29, 0.717) is 54.0 Å². The number of halogens is 1. The van der Waals surface area contributed by atoms with E-state index in [-0.39, 0.29) is 11.3 Å². The predicted molar refractivity (Wildman–Crippen MR) is 132 cm³/mol. The lowest BCUT2D eigenvalue weighted by molar-refractivity contribution is -0.00242. The van der Waals surface area contributed by atoms with Gasteiger partial charge in [-0.05, 0) is 67.5 Å². The van der Waals surface area contributed by atoms with Crippen LogP contribution >= 0.6 is 0 Å². The number of ether oxygens (including phenoxy) is 1. The molecule has 3 aliphatic rings. The van der Waals surface area contributed by atoms with Crippen LogP contribution in [0.25, 0.3) is 6.08 Å². The molecule has 1 unspecified atom stereocenters. The molecule has 0 spiro atoms. The van der Waals surface area contributed by atoms with Crippen molar-refractivity contribution in [3.63, 3.8) is 0 Å². The van der Waals surface area contributed by atoms with E-state index in [1.54, 1.807) is 12.1 Å². The highest BCUT2D eigenvalue weighted by Crippen LogP contribution is 2.55. The number of piperidine rings is 1. The highest BCUT2D eigenvalue weighted by molar-refractivity contribution is 7.86. The van der Waals surface area contributed by atoms with Crippen LogP contribution in [-0.2, 0) is 11.0 Å². The molecular weight excluding hydrogens is 471 g/mol. The predicted octanol–water partition coefficient (Wildman–Crippen LogP) is 4.01. The molecule has 7 nitrogen and oxygen atoms in total. The highest BCUT2D eigenvalue weighted by Gasteiger charge is 2.45. The van der Waals surface area contributed by atoms with E-state index in [0.717, 1.165) is 25.1 Å². The Morgan fingerprint density at radius 1 is 1.31 bits per heavy atom. The molecule has 2 aromatic carbocycles. The highest BCUT2D eigenvalue weighted by atomic mass is 32.2. The first kappa shape index (κ1) is 24.0. The summed E-state index contributed by atoms with van der Waals surface area (Å²) < 4.78 is 35.9. The molecule has 2 fully saturated rings. The van der Waals surface area contributed by atoms with Gasteiger partial charge in [-0.15, -0.1) is 0 Å². The first-order chi connectivity index (χ1) is 16.7. The SMILES string of the molecule is CC1(O)CCN(C/C=C\c2cc(F)ccc2S(=O)Nc2ccc3c(c2C(=O)O)OC[C@@H]2C[C@H]32)CC1. The topological polar surface area (TPSA) is 99.1 Å². The molecule has 1 saturated heterocycles. The van der Waals surface area contributed by atoms with E-state index < -0.39 is 28.4 Å². The second-order valence-corrected chi connectivity index (χ2v) is 11.1. The summed E-state index contributed by atoms with van der Waals surface area (Å²) in [6.45, 7) is 4.49. The van der Waals surface area contributed by atoms with Gasteiger partial charge < -0.3 is 19.7 Å². The van der Waals surface area contributed by atoms with Crippen LogP contribution in [0.3, 0.4) is 0 Å². The molecule has 0 bridgehead atoms. The Bertz CT molecular complexity index is 1200. The zero-order valence-corrected chi connectivity index (χ0v) is 20.3. The fraction of sp³-hybridized carbons (Fsp3) is 0.423. The molecule has 0 aromatic heterocycles. The number of carboxylic acid groups (broad SMARTS) is 1. The Morgan fingerprint density at radius 2 is 2.09 bits per heavy atom. The molecule has 35 heavy (non-hydrogen) atoms. The standard InChI is InChI=1S/C26H29FN2O5S/c1-26(32)8-11-29(12-9-26)10-2-3-16-13-18(27)4-7-22(16)35(33)28-21-6-5-19-20-14-17(20)15-34-24(19)23(21)25(30)31/h2-7,13,17,20,28,32H,8-12,14-15H2,1H3,(H,30,31)/b3-2-/t17-,20-,35?/m0/s1. The van der Waals surface area contributed by atoms with Crippen molar-refractivity contribution in [2.45, 2.75) is 42.6 Å². The third-order valence-corrected chi connectivity index (χ3v) is 8.31. The number of hydrogen-bond acceptors (Lipinski definition) is 5. The number of carboxylic acids is 1. The van der Waals surface area contributed by atoms with Crippen LogP contribution in [-0.4, -0.2) is 57.1 Å². The normalized spacial score (nSPS) is 23.7. The summed E-state index contributed by atoms with van der Waals surface area (Å²) in [7, 11) is -1.83. The molecule has 3 atom stereocenters. The van der Waals surface area contributed by atoms with Crippen LogP contribution in [0.2, 0.25) is 0 Å². The minimum atomic E-state index is -1.83. The molecule has 9 heteroatoms. The maximum Gasteiger partial charge on any atom is 0.341 e. The van der Waals surface area contributed by atoms with Crippen molar-refractivity contribution < 1.29 is 28.3 Å². The van der Waals surface area contributed by atoms with Gasteiger partial charge in [-0.2, -0.15) is 0 Å². The molecule has 1 aliphatic carbocycles. The summed E-state index contributed by atoms with van der Waals surface area (Å²) in [5, 5.41) is 20.0. The van der Waals surface area contributed by atoms with Crippen molar-refractivity contribution in [2.75, 3.05) is 31.0 Å². The lowest BCUT2D eigenvalue weighted by Crippen LogP contribution is -2.42. The zero-order valence-electron chi connectivity index (χ0n) is 19.5. The van der Waals surface area contributed by atoms with Crippen molar-refractivity contribution in [1.82, 2.24) is 4.90 Å². The number of likely N-dealkylation sites (tertiary alicyclic amines) is 1. The molecule has 5 rings (SSSR count). The third kappa shape index (κ3) is 5.12. The molecule has 0 radical (unpaired) electrons. The minimum absolute atomic E-state index is 0.0265. The summed E-state index contributed by atoms with van der Waals surface area (Å²) in [5.41, 5.74) is 0.885. The Kier molecular flexibility index (Phi) is 6.41. The molecule has 2 aliphatic heterocycles. The van der Waals surface area contributed by atoms with Crippen molar-refractivity contribution in [3.8, 4) is 5.75 Å². The minimum Gasteiger partial charge on any atom is -0.492 e. The second kappa shape index (κ2) is 9.37. The van der Waals surface area contributed by atoms with Crippen LogP contribution < -0.4 is 9.46 Å². The van der Waals surface area contributed by atoms with Crippen LogP contribution in [0, 0.1) is 11.7 Å². The number of nitrogens with one attached hydrogen (secondary N) is 1. The molecule has 0 amide bonds. The monoisotopic (exact) mass is 500 g/mol. The molecule has 2 aromatic rings. The lowest BCUT2D eigenvalue weighted by atomic mass is 9.94. The third-order valence-electron chi connectivity index (χ3n) is 7.13. The van der Waals surface area contributed by atoms with Gasteiger partial charge in [-0.3, -0.25) is 4.90 Å². The number of rotatable bonds is 7. The average Bonchev–Trinajstić information content (AvgIpc) is 3.60. The van der Waals surface area contributed by atoms with E-state index in [9.17, 15) is 23.6 Å². The Labute approximate surface area is 206 Å². The quantitative estimate of drug-likeness (QED) is 0.531. The van der Waals surface area contributed by atoms with Crippen LogP contribution in [0.4, 0.5) is 10.1 Å². The summed E-state index contributed by atoms with van der Waals surface area (Å²) in [4.78, 5) is 14.6. The fourth-order valence-corrected chi connectivity index (χ4v) is 5.88. The Balaban J connectivity index is 1.35. The molecule has 1 saturated carbocycles. The van der Waals surface area contributed by atoms with Crippen molar-refractivity contribution in [1.29, 1.82) is 0 Å². The summed E-state index contributed by atoms with van der Waals surface area (Å²) in [5.74, 6) is -0.481. The van der Waals surface area contributed by atoms with Gasteiger partial charge in [0.05, 0.1) is 22.8 Å². The largest absolute Gasteiger partial charge is 0.492 e. The van der Waals surface area contributed by atoms with E-state index in [2.05, 4.69) is 9.62 Å². The second-order valence-electron chi connectivity index (χ2n) is 9.88. The maximum absolute atomic E-state index is 14.0. The van der Waals surface area contributed by atoms with Crippen LogP contribution in [0.5, 0.6) is 5.75 Å². The van der Waals surface area contributed by atoms with Crippen LogP contribution in [0.15, 0.2) is 41.3 Å². The van der Waals surface area contributed by atoms with Gasteiger partial charge in [0.2, 0.25) is 0 Å². The van der Waals surface area contributed by atoms with Crippen LogP contribution in [0.1, 0.15) is 53.6 Å². The zero-order chi connectivity index (χ0) is 24.7. The van der Waals surface area contributed by atoms with Gasteiger partial charge in [0.15, 0.2) is 11.0 Å². The number of aliphatic hydroxyl groups is 1. The summed E-state index contributed by atoms with van der Waals surface area (Å²) >= 11 is 0. The van der Waals surface area contributed by atoms with E-state index >= 15 is 0 Å². The molecule has 3 N–H and O–H groups in total. The number of carbonyl (C=O) groups is 1. The van der Waals surface area contributed by atoms with E-state index in [1.165, 1.54) is 18.2 Å². The van der Waals surface area contributed by atoms with Crippen molar-refractivity contribution >= 4 is 28.7 Å². The first-order valence-electron chi connectivity index (χ1n) is 11.8. The number of anilines is 1. The number of fused-ring (bicyclic) bond motifs is 3. The molecule has 186 valence electrons. The summed E-state index contributed by atoms with van der Waals surface area (Å²) in [6, 6.07) is 7.47. The Hall–Kier alpha value is -2.75. The van der Waals surface area contributed by atoms with Crippen molar-refractivity contribution in [2.24, 2.45) is 5.92 Å². The van der Waals surface area contributed by atoms with E-state index in [1.807, 2.05) is 19.1 Å². The first-order valence-corrected chi connectivity index (χ1v) is 13.0. The number of benzene rings is 2. The van der Waals surface area contributed by atoms with Gasteiger partial charge in [-0.1, -0.05) is 18.2 Å². The molecular formula is C26H29FN2O5S. The smallest absolute Gasteiger partial charge is 0.341 e. The number of aromatic carboxylic acids is 1. The number of hydrogen-bond donors (Lipinski definition) is 3. The fourth-order valence-electron chi connectivity index (χ4n) is 4.87. The van der Waals surface area contributed by atoms with E-state index in [4.69, 9.17) is 4.74 Å². The van der Waals surface area contributed by atoms with Crippen molar-refractivity contribution in [3.05, 3.63) is 58.9 Å². The molecule has 2 heterocycles. The van der Waals surface area contributed by atoms with Gasteiger partial charge in [0.1, 0.15) is 17.1 Å². The maximum atomic E-state index is 14.0. The van der Waals surface area contributed by atoms with Gasteiger partial charge >= 0.3 is 5.97 Å². The van der Waals surface area contributed by atoms with Gasteiger partial charge in [0, 0.05) is 25.6 Å². The van der Waals surface area contributed by atoms with Gasteiger partial charge in [-0.25, -0.2) is 13.4 Å².